The van der Waals surface area contributed by atoms with Crippen LogP contribution < -0.4 is 0 Å². The predicted molar refractivity (Wildman–Crippen MR) is 76.5 cm³/mol. The van der Waals surface area contributed by atoms with Crippen molar-refractivity contribution < 1.29 is 17.6 Å². The summed E-state index contributed by atoms with van der Waals surface area (Å²) in [4.78, 5) is -0.805. The van der Waals surface area contributed by atoms with E-state index >= 15 is 0 Å². The van der Waals surface area contributed by atoms with Gasteiger partial charge in [0, 0.05) is 11.1 Å². The minimum Gasteiger partial charge on any atom is -0.206 e. The van der Waals surface area contributed by atoms with E-state index in [1.165, 1.54) is 12.1 Å². The van der Waals surface area contributed by atoms with Gasteiger partial charge in [0.05, 0.1) is 19.1 Å². The van der Waals surface area contributed by atoms with Gasteiger partial charge in [-0.15, -0.1) is 11.3 Å². The third-order valence-electron chi connectivity index (χ3n) is 2.56. The van der Waals surface area contributed by atoms with Gasteiger partial charge in [-0.05, 0) is 12.1 Å². The van der Waals surface area contributed by atoms with E-state index in [2.05, 4.69) is 15.9 Å². The maximum atomic E-state index is 14.0. The normalized spacial score (nSPS) is 13.6. The Morgan fingerprint density at radius 2 is 1.80 bits per heavy atom. The van der Waals surface area contributed by atoms with Crippen LogP contribution in [0.3, 0.4) is 0 Å². The van der Waals surface area contributed by atoms with Crippen LogP contribution in [-0.2, 0) is 6.18 Å². The highest BCUT2D eigenvalue weighted by atomic mass is 79.9. The third-order valence-corrected chi connectivity index (χ3v) is 5.07. The first kappa shape index (κ1) is 16.1. The number of alkyl halides is 4. The molecule has 8 heteroatoms. The van der Waals surface area contributed by atoms with Crippen LogP contribution in [0.1, 0.15) is 21.5 Å². The Balaban J connectivity index is 2.51. The molecule has 0 aliphatic carbocycles. The Hall–Kier alpha value is -0.300. The standard InChI is InChI=1S/C12H5BrCl2F4S/c13-9(6-4-8(14)20-11(6)15)5-2-1-3-7(10(5)16)12(17,18)19/h1-4,9H. The minimum absolute atomic E-state index is 0.142. The van der Waals surface area contributed by atoms with Crippen LogP contribution >= 0.6 is 50.5 Å². The van der Waals surface area contributed by atoms with E-state index < -0.39 is 22.4 Å². The molecule has 1 atom stereocenters. The van der Waals surface area contributed by atoms with Gasteiger partial charge in [-0.2, -0.15) is 13.2 Å². The van der Waals surface area contributed by atoms with Crippen LogP contribution in [0.5, 0.6) is 0 Å². The fraction of sp³-hybridized carbons (Fsp3) is 0.167. The maximum absolute atomic E-state index is 14.0. The SMILES string of the molecule is Fc1c(C(Br)c2cc(Cl)sc2Cl)cccc1C(F)(F)F. The van der Waals surface area contributed by atoms with Gasteiger partial charge in [-0.1, -0.05) is 51.3 Å². The second kappa shape index (κ2) is 5.83. The van der Waals surface area contributed by atoms with Crippen molar-refractivity contribution in [2.24, 2.45) is 0 Å². The zero-order valence-corrected chi connectivity index (χ0v) is 13.4. The smallest absolute Gasteiger partial charge is 0.206 e. The average Bonchev–Trinajstić information content (AvgIpc) is 2.66. The summed E-state index contributed by atoms with van der Waals surface area (Å²) in [6, 6.07) is 4.61. The number of benzene rings is 1. The van der Waals surface area contributed by atoms with Crippen molar-refractivity contribution in [1.29, 1.82) is 0 Å². The van der Waals surface area contributed by atoms with Crippen molar-refractivity contribution in [2.75, 3.05) is 0 Å². The van der Waals surface area contributed by atoms with E-state index in [0.29, 0.717) is 20.3 Å². The molecular weight excluding hydrogens is 403 g/mol. The first-order chi connectivity index (χ1) is 9.21. The number of hydrogen-bond donors (Lipinski definition) is 0. The summed E-state index contributed by atoms with van der Waals surface area (Å²) in [6.07, 6.45) is -4.75. The van der Waals surface area contributed by atoms with Crippen molar-refractivity contribution in [1.82, 2.24) is 0 Å². The molecule has 20 heavy (non-hydrogen) atoms. The highest BCUT2D eigenvalue weighted by Crippen LogP contribution is 2.43. The summed E-state index contributed by atoms with van der Waals surface area (Å²) in [7, 11) is 0. The zero-order valence-electron chi connectivity index (χ0n) is 9.44. The number of rotatable bonds is 2. The molecule has 0 saturated heterocycles. The molecule has 0 N–H and O–H groups in total. The predicted octanol–water partition coefficient (Wildman–Crippen LogP) is 6.70. The lowest BCUT2D eigenvalue weighted by molar-refractivity contribution is -0.140. The molecule has 0 nitrogen and oxygen atoms in total. The van der Waals surface area contributed by atoms with Crippen molar-refractivity contribution in [2.45, 2.75) is 11.0 Å². The van der Waals surface area contributed by atoms with Crippen molar-refractivity contribution in [3.63, 3.8) is 0 Å². The topological polar surface area (TPSA) is 0 Å². The second-order valence-corrected chi connectivity index (χ2v) is 7.05. The van der Waals surface area contributed by atoms with Crippen molar-refractivity contribution in [3.05, 3.63) is 55.4 Å². The first-order valence-corrected chi connectivity index (χ1v) is 7.65. The van der Waals surface area contributed by atoms with Crippen LogP contribution in [0.4, 0.5) is 17.6 Å². The summed E-state index contributed by atoms with van der Waals surface area (Å²) in [5, 5.41) is 0. The molecule has 1 unspecified atom stereocenters. The molecule has 1 aromatic heterocycles. The molecule has 2 rings (SSSR count). The van der Waals surface area contributed by atoms with Gasteiger partial charge < -0.3 is 0 Å². The van der Waals surface area contributed by atoms with E-state index in [4.69, 9.17) is 23.2 Å². The van der Waals surface area contributed by atoms with Crippen LogP contribution in [0.15, 0.2) is 24.3 Å². The molecule has 0 radical (unpaired) electrons. The lowest BCUT2D eigenvalue weighted by Gasteiger charge is -2.14. The Labute approximate surface area is 134 Å². The second-order valence-electron chi connectivity index (χ2n) is 3.85. The van der Waals surface area contributed by atoms with Gasteiger partial charge >= 0.3 is 6.18 Å². The summed E-state index contributed by atoms with van der Waals surface area (Å²) >= 11 is 15.9. The molecule has 2 aromatic rings. The largest absolute Gasteiger partial charge is 0.419 e. The maximum Gasteiger partial charge on any atom is 0.419 e. The first-order valence-electron chi connectivity index (χ1n) is 5.16. The molecule has 0 aliphatic rings. The van der Waals surface area contributed by atoms with E-state index in [1.54, 1.807) is 0 Å². The van der Waals surface area contributed by atoms with Crippen LogP contribution in [0, 0.1) is 5.82 Å². The molecule has 0 amide bonds. The van der Waals surface area contributed by atoms with Crippen LogP contribution in [0.25, 0.3) is 0 Å². The average molecular weight is 408 g/mol. The fourth-order valence-electron chi connectivity index (χ4n) is 1.66. The van der Waals surface area contributed by atoms with Crippen molar-refractivity contribution in [3.8, 4) is 0 Å². The quantitative estimate of drug-likeness (QED) is 0.384. The lowest BCUT2D eigenvalue weighted by Crippen LogP contribution is -2.10. The highest BCUT2D eigenvalue weighted by Gasteiger charge is 2.36. The molecule has 0 bridgehead atoms. The highest BCUT2D eigenvalue weighted by molar-refractivity contribution is 9.09. The van der Waals surface area contributed by atoms with Crippen LogP contribution in [-0.4, -0.2) is 0 Å². The summed E-state index contributed by atoms with van der Waals surface area (Å²) < 4.78 is 52.7. The van der Waals surface area contributed by atoms with E-state index in [0.717, 1.165) is 17.4 Å². The van der Waals surface area contributed by atoms with Gasteiger partial charge in [-0.3, -0.25) is 0 Å². The number of halogens is 7. The third kappa shape index (κ3) is 3.13. The van der Waals surface area contributed by atoms with Gasteiger partial charge in [0.2, 0.25) is 0 Å². The number of thiophene rings is 1. The van der Waals surface area contributed by atoms with E-state index in [9.17, 15) is 17.6 Å². The molecule has 0 aliphatic heterocycles. The molecular formula is C12H5BrCl2F4S. The summed E-state index contributed by atoms with van der Waals surface area (Å²) in [5.41, 5.74) is -1.02. The lowest BCUT2D eigenvalue weighted by atomic mass is 10.0. The van der Waals surface area contributed by atoms with E-state index in [1.807, 2.05) is 0 Å². The molecule has 1 aromatic carbocycles. The Bertz CT molecular complexity index is 639. The Kier molecular flexibility index (Phi) is 4.69. The molecule has 0 spiro atoms. The van der Waals surface area contributed by atoms with Crippen LogP contribution in [0.2, 0.25) is 8.67 Å². The van der Waals surface area contributed by atoms with Gasteiger partial charge in [0.25, 0.3) is 0 Å². The molecule has 1 heterocycles. The zero-order chi connectivity index (χ0) is 15.1. The number of hydrogen-bond acceptors (Lipinski definition) is 1. The summed E-state index contributed by atoms with van der Waals surface area (Å²) in [6.45, 7) is 0. The molecule has 108 valence electrons. The Morgan fingerprint density at radius 3 is 2.30 bits per heavy atom. The monoisotopic (exact) mass is 406 g/mol. The van der Waals surface area contributed by atoms with Gasteiger partial charge in [-0.25, -0.2) is 4.39 Å². The Morgan fingerprint density at radius 1 is 1.15 bits per heavy atom. The molecule has 0 fully saturated rings. The van der Waals surface area contributed by atoms with E-state index in [-0.39, 0.29) is 5.56 Å². The van der Waals surface area contributed by atoms with Crippen molar-refractivity contribution >= 4 is 50.5 Å². The fourth-order valence-corrected chi connectivity index (χ4v) is 4.19. The van der Waals surface area contributed by atoms with Gasteiger partial charge in [0.15, 0.2) is 0 Å². The molecule has 0 saturated carbocycles. The summed E-state index contributed by atoms with van der Waals surface area (Å²) in [5.74, 6) is -1.32. The van der Waals surface area contributed by atoms with Gasteiger partial charge in [0.1, 0.15) is 5.82 Å². The minimum atomic E-state index is -4.75.